The van der Waals surface area contributed by atoms with Gasteiger partial charge in [0, 0.05) is 0 Å². The van der Waals surface area contributed by atoms with Crippen molar-refractivity contribution in [3.63, 3.8) is 0 Å². The molecule has 0 unspecified atom stereocenters. The summed E-state index contributed by atoms with van der Waals surface area (Å²) in [4.78, 5) is 21.7. The summed E-state index contributed by atoms with van der Waals surface area (Å²) in [6.45, 7) is 4.37. The molecule has 0 spiro atoms. The van der Waals surface area contributed by atoms with Crippen molar-refractivity contribution in [3.8, 4) is 0 Å². The largest absolute Gasteiger partial charge is 0.481 e. The van der Waals surface area contributed by atoms with Crippen LogP contribution in [-0.2, 0) is 27.2 Å². The number of carboxylic acids is 1. The second kappa shape index (κ2) is 7.82. The molecule has 24 heavy (non-hydrogen) atoms. The van der Waals surface area contributed by atoms with Gasteiger partial charge >= 0.3 is 5.97 Å². The lowest BCUT2D eigenvalue weighted by Gasteiger charge is -2.22. The predicted octanol–water partition coefficient (Wildman–Crippen LogP) is 4.15. The molecule has 0 atom stereocenters. The molecule has 1 saturated carbocycles. The first-order chi connectivity index (χ1) is 11.4. The highest BCUT2D eigenvalue weighted by Gasteiger charge is 2.49. The van der Waals surface area contributed by atoms with Gasteiger partial charge in [-0.3, -0.25) is 9.59 Å². The number of benzene rings is 1. The molecule has 1 aromatic carbocycles. The van der Waals surface area contributed by atoms with Gasteiger partial charge in [0.2, 0.25) is 0 Å². The normalized spacial score (nSPS) is 15.8. The topological polar surface area (TPSA) is 63.6 Å². The van der Waals surface area contributed by atoms with E-state index in [2.05, 4.69) is 24.3 Å². The van der Waals surface area contributed by atoms with E-state index in [1.807, 2.05) is 13.8 Å². The Bertz CT molecular complexity index is 573. The van der Waals surface area contributed by atoms with E-state index < -0.39 is 17.0 Å². The van der Waals surface area contributed by atoms with Gasteiger partial charge in [-0.05, 0) is 76.3 Å². The molecular weight excluding hydrogens is 304 g/mol. The van der Waals surface area contributed by atoms with Crippen LogP contribution in [0.25, 0.3) is 0 Å². The average molecular weight is 332 g/mol. The molecule has 1 aliphatic rings. The summed E-state index contributed by atoms with van der Waals surface area (Å²) in [5.74, 6) is -0.628. The number of carbonyl (C=O) groups excluding carboxylic acids is 1. The molecule has 4 nitrogen and oxygen atoms in total. The molecule has 2 rings (SSSR count). The third-order valence-electron chi connectivity index (χ3n) is 5.03. The third-order valence-corrected chi connectivity index (χ3v) is 5.03. The van der Waals surface area contributed by atoms with Gasteiger partial charge in [0.1, 0.15) is 5.60 Å². The second-order valence-corrected chi connectivity index (χ2v) is 7.59. The summed E-state index contributed by atoms with van der Waals surface area (Å²) < 4.78 is 5.07. The standard InChI is InChI=1S/C20H28O4/c1-19(2,24-15-21)10-4-8-16-6-3-7-17(14-16)9-5-11-20(12-13-20)18(22)23/h3,6-7,14-15H,4-5,8-13H2,1-2H3,(H,22,23). The molecule has 0 saturated heterocycles. The molecular formula is C20H28O4. The summed E-state index contributed by atoms with van der Waals surface area (Å²) in [7, 11) is 0. The van der Waals surface area contributed by atoms with E-state index in [9.17, 15) is 14.7 Å². The van der Waals surface area contributed by atoms with Crippen LogP contribution >= 0.6 is 0 Å². The third kappa shape index (κ3) is 5.36. The first-order valence-corrected chi connectivity index (χ1v) is 8.80. The monoisotopic (exact) mass is 332 g/mol. The fourth-order valence-electron chi connectivity index (χ4n) is 3.20. The first kappa shape index (κ1) is 18.5. The molecule has 132 valence electrons. The van der Waals surface area contributed by atoms with E-state index in [4.69, 9.17) is 4.74 Å². The fourth-order valence-corrected chi connectivity index (χ4v) is 3.20. The average Bonchev–Trinajstić information content (AvgIpc) is 3.29. The van der Waals surface area contributed by atoms with Crippen LogP contribution in [0.1, 0.15) is 63.5 Å². The molecule has 4 heteroatoms. The van der Waals surface area contributed by atoms with Gasteiger partial charge in [0.15, 0.2) is 0 Å². The van der Waals surface area contributed by atoms with Gasteiger partial charge in [0.05, 0.1) is 5.41 Å². The molecule has 0 radical (unpaired) electrons. The van der Waals surface area contributed by atoms with Crippen molar-refractivity contribution in [2.45, 2.75) is 70.8 Å². The Balaban J connectivity index is 1.77. The molecule has 0 bridgehead atoms. The van der Waals surface area contributed by atoms with Gasteiger partial charge in [-0.15, -0.1) is 0 Å². The maximum absolute atomic E-state index is 11.2. The Labute approximate surface area is 144 Å². The van der Waals surface area contributed by atoms with Crippen molar-refractivity contribution in [2.24, 2.45) is 5.41 Å². The number of aryl methyl sites for hydroxylation is 2. The van der Waals surface area contributed by atoms with Crippen LogP contribution in [0.2, 0.25) is 0 Å². The minimum atomic E-state index is -0.628. The minimum Gasteiger partial charge on any atom is -0.481 e. The summed E-state index contributed by atoms with van der Waals surface area (Å²) in [5.41, 5.74) is 1.74. The smallest absolute Gasteiger partial charge is 0.309 e. The summed E-state index contributed by atoms with van der Waals surface area (Å²) in [6.07, 6.45) is 7.06. The lowest BCUT2D eigenvalue weighted by atomic mass is 9.95. The summed E-state index contributed by atoms with van der Waals surface area (Å²) in [5, 5.41) is 9.21. The van der Waals surface area contributed by atoms with Crippen molar-refractivity contribution in [3.05, 3.63) is 35.4 Å². The summed E-state index contributed by atoms with van der Waals surface area (Å²) in [6, 6.07) is 8.52. The van der Waals surface area contributed by atoms with Gasteiger partial charge in [-0.1, -0.05) is 24.3 Å². The number of carbonyl (C=O) groups is 2. The number of ether oxygens (including phenoxy) is 1. The van der Waals surface area contributed by atoms with Gasteiger partial charge in [-0.2, -0.15) is 0 Å². The van der Waals surface area contributed by atoms with E-state index in [1.54, 1.807) is 0 Å². The maximum atomic E-state index is 11.2. The van der Waals surface area contributed by atoms with Crippen molar-refractivity contribution in [1.29, 1.82) is 0 Å². The molecule has 0 aromatic heterocycles. The van der Waals surface area contributed by atoms with Crippen molar-refractivity contribution >= 4 is 12.4 Å². The van der Waals surface area contributed by atoms with Gasteiger partial charge < -0.3 is 9.84 Å². The summed E-state index contributed by atoms with van der Waals surface area (Å²) >= 11 is 0. The van der Waals surface area contributed by atoms with Crippen LogP contribution in [0.4, 0.5) is 0 Å². The highest BCUT2D eigenvalue weighted by Crippen LogP contribution is 2.50. The lowest BCUT2D eigenvalue weighted by molar-refractivity contribution is -0.143. The van der Waals surface area contributed by atoms with Crippen LogP contribution in [0.5, 0.6) is 0 Å². The van der Waals surface area contributed by atoms with Gasteiger partial charge in [-0.25, -0.2) is 0 Å². The Morgan fingerprint density at radius 1 is 1.25 bits per heavy atom. The number of hydrogen-bond donors (Lipinski definition) is 1. The zero-order chi connectivity index (χ0) is 17.6. The minimum absolute atomic E-state index is 0.408. The van der Waals surface area contributed by atoms with Crippen molar-refractivity contribution < 1.29 is 19.4 Å². The Hall–Kier alpha value is -1.84. The zero-order valence-corrected chi connectivity index (χ0v) is 14.7. The maximum Gasteiger partial charge on any atom is 0.309 e. The quantitative estimate of drug-likeness (QED) is 0.618. The Morgan fingerprint density at radius 2 is 1.88 bits per heavy atom. The van der Waals surface area contributed by atoms with Crippen LogP contribution in [0.15, 0.2) is 24.3 Å². The number of hydrogen-bond acceptors (Lipinski definition) is 3. The number of carboxylic acid groups (broad SMARTS) is 1. The Morgan fingerprint density at radius 3 is 2.42 bits per heavy atom. The number of aliphatic carboxylic acids is 1. The second-order valence-electron chi connectivity index (χ2n) is 7.59. The Kier molecular flexibility index (Phi) is 6.03. The van der Waals surface area contributed by atoms with Gasteiger partial charge in [0.25, 0.3) is 6.47 Å². The van der Waals surface area contributed by atoms with E-state index in [0.717, 1.165) is 51.4 Å². The highest BCUT2D eigenvalue weighted by atomic mass is 16.5. The molecule has 0 aliphatic heterocycles. The number of rotatable bonds is 11. The lowest BCUT2D eigenvalue weighted by Crippen LogP contribution is -2.23. The molecule has 1 aliphatic carbocycles. The van der Waals surface area contributed by atoms with Crippen LogP contribution in [0, 0.1) is 5.41 Å². The molecule has 1 fully saturated rings. The fraction of sp³-hybridized carbons (Fsp3) is 0.600. The van der Waals surface area contributed by atoms with Crippen LogP contribution in [0.3, 0.4) is 0 Å². The molecule has 0 heterocycles. The molecule has 1 aromatic rings. The van der Waals surface area contributed by atoms with E-state index >= 15 is 0 Å². The first-order valence-electron chi connectivity index (χ1n) is 8.80. The van der Waals surface area contributed by atoms with E-state index in [0.29, 0.717) is 6.47 Å². The van der Waals surface area contributed by atoms with Crippen molar-refractivity contribution in [1.82, 2.24) is 0 Å². The highest BCUT2D eigenvalue weighted by molar-refractivity contribution is 5.77. The predicted molar refractivity (Wildman–Crippen MR) is 92.8 cm³/mol. The van der Waals surface area contributed by atoms with Crippen LogP contribution < -0.4 is 0 Å². The SMILES string of the molecule is CC(C)(CCCc1cccc(CCCC2(C(=O)O)CC2)c1)OC=O. The molecule has 0 amide bonds. The molecule has 1 N–H and O–H groups in total. The zero-order valence-electron chi connectivity index (χ0n) is 14.7. The van der Waals surface area contributed by atoms with Crippen molar-refractivity contribution in [2.75, 3.05) is 0 Å². The van der Waals surface area contributed by atoms with E-state index in [1.165, 1.54) is 11.1 Å². The van der Waals surface area contributed by atoms with E-state index in [-0.39, 0.29) is 0 Å². The van der Waals surface area contributed by atoms with Crippen LogP contribution in [-0.4, -0.2) is 23.1 Å².